The molecule has 0 unspecified atom stereocenters. The van der Waals surface area contributed by atoms with Crippen LogP contribution in [0.25, 0.3) is 0 Å². The highest BCUT2D eigenvalue weighted by Crippen LogP contribution is 2.22. The van der Waals surface area contributed by atoms with Gasteiger partial charge in [0.2, 0.25) is 15.9 Å². The van der Waals surface area contributed by atoms with Crippen molar-refractivity contribution in [2.75, 3.05) is 26.0 Å². The predicted molar refractivity (Wildman–Crippen MR) is 79.2 cm³/mol. The summed E-state index contributed by atoms with van der Waals surface area (Å²) in [4.78, 5) is 11.9. The zero-order valence-electron chi connectivity index (χ0n) is 12.0. The maximum absolute atomic E-state index is 11.8. The lowest BCUT2D eigenvalue weighted by Gasteiger charge is -2.12. The fourth-order valence-electron chi connectivity index (χ4n) is 1.79. The van der Waals surface area contributed by atoms with Crippen molar-refractivity contribution in [3.63, 3.8) is 0 Å². The number of sulfonamides is 1. The largest absolute Gasteiger partial charge is 0.326 e. The number of nitrogens with one attached hydrogen (secondary N) is 3. The van der Waals surface area contributed by atoms with Gasteiger partial charge in [0.25, 0.3) is 0 Å². The van der Waals surface area contributed by atoms with Gasteiger partial charge in [0.1, 0.15) is 0 Å². The minimum absolute atomic E-state index is 0.123. The van der Waals surface area contributed by atoms with Crippen LogP contribution in [0.3, 0.4) is 0 Å². The zero-order chi connectivity index (χ0) is 15.2. The van der Waals surface area contributed by atoms with E-state index in [0.717, 1.165) is 13.0 Å². The Morgan fingerprint density at radius 2 is 1.95 bits per heavy atom. The van der Waals surface area contributed by atoms with Crippen LogP contribution in [0.5, 0.6) is 0 Å². The fourth-order valence-corrected chi connectivity index (χ4v) is 2.78. The smallest absolute Gasteiger partial charge is 0.240 e. The molecular weight excluding hydrogens is 278 g/mol. The minimum Gasteiger partial charge on any atom is -0.326 e. The first kappa shape index (κ1) is 16.6. The third-order valence-corrected chi connectivity index (χ3v) is 4.51. The predicted octanol–water partition coefficient (Wildman–Crippen LogP) is 0.841. The van der Waals surface area contributed by atoms with Crippen molar-refractivity contribution in [2.24, 2.45) is 0 Å². The van der Waals surface area contributed by atoms with E-state index in [4.69, 9.17) is 0 Å². The van der Waals surface area contributed by atoms with E-state index in [2.05, 4.69) is 15.4 Å². The van der Waals surface area contributed by atoms with Gasteiger partial charge in [0.15, 0.2) is 0 Å². The summed E-state index contributed by atoms with van der Waals surface area (Å²) < 4.78 is 25.9. The highest BCUT2D eigenvalue weighted by Gasteiger charge is 2.17. The summed E-state index contributed by atoms with van der Waals surface area (Å²) in [5.41, 5.74) is 1.06. The average molecular weight is 299 g/mol. The lowest BCUT2D eigenvalue weighted by atomic mass is 10.2. The quantitative estimate of drug-likeness (QED) is 0.651. The number of carbonyl (C=O) groups is 1. The Labute approximate surface area is 120 Å². The molecule has 0 aliphatic heterocycles. The van der Waals surface area contributed by atoms with Gasteiger partial charge in [-0.25, -0.2) is 13.1 Å². The molecular formula is C13H21N3O3S. The molecule has 1 aromatic rings. The molecule has 0 bridgehead atoms. The van der Waals surface area contributed by atoms with Crippen LogP contribution in [0.4, 0.5) is 5.69 Å². The van der Waals surface area contributed by atoms with Crippen LogP contribution in [0.15, 0.2) is 23.1 Å². The summed E-state index contributed by atoms with van der Waals surface area (Å²) in [6, 6.07) is 4.82. The third kappa shape index (κ3) is 4.29. The molecule has 0 spiro atoms. The van der Waals surface area contributed by atoms with Crippen molar-refractivity contribution < 1.29 is 13.2 Å². The summed E-state index contributed by atoms with van der Waals surface area (Å²) in [7, 11) is -0.333. The highest BCUT2D eigenvalue weighted by molar-refractivity contribution is 7.89. The van der Waals surface area contributed by atoms with Crippen LogP contribution >= 0.6 is 0 Å². The molecule has 6 nitrogen and oxygen atoms in total. The maximum Gasteiger partial charge on any atom is 0.240 e. The lowest BCUT2D eigenvalue weighted by molar-refractivity contribution is -0.116. The summed E-state index contributed by atoms with van der Waals surface area (Å²) in [5, 5.41) is 5.71. The molecule has 0 aromatic heterocycles. The van der Waals surface area contributed by atoms with Gasteiger partial charge in [-0.05, 0) is 51.7 Å². The van der Waals surface area contributed by atoms with Gasteiger partial charge in [0.05, 0.1) is 4.90 Å². The van der Waals surface area contributed by atoms with Crippen LogP contribution in [-0.2, 0) is 14.8 Å². The molecule has 0 aliphatic carbocycles. The molecule has 3 N–H and O–H groups in total. The number of anilines is 1. The van der Waals surface area contributed by atoms with Crippen LogP contribution in [0, 0.1) is 6.92 Å². The monoisotopic (exact) mass is 299 g/mol. The van der Waals surface area contributed by atoms with Gasteiger partial charge in [-0.1, -0.05) is 6.07 Å². The number of rotatable bonds is 7. The van der Waals surface area contributed by atoms with Gasteiger partial charge in [0, 0.05) is 12.1 Å². The van der Waals surface area contributed by atoms with E-state index in [1.807, 2.05) is 7.05 Å². The van der Waals surface area contributed by atoms with E-state index < -0.39 is 10.0 Å². The van der Waals surface area contributed by atoms with E-state index >= 15 is 0 Å². The van der Waals surface area contributed by atoms with Crippen molar-refractivity contribution in [3.05, 3.63) is 23.8 Å². The van der Waals surface area contributed by atoms with Crippen LogP contribution in [-0.4, -0.2) is 35.0 Å². The van der Waals surface area contributed by atoms with Crippen molar-refractivity contribution in [1.82, 2.24) is 10.0 Å². The summed E-state index contributed by atoms with van der Waals surface area (Å²) >= 11 is 0. The second-order valence-corrected chi connectivity index (χ2v) is 6.25. The lowest BCUT2D eigenvalue weighted by Crippen LogP contribution is -2.21. The number of amides is 1. The van der Waals surface area contributed by atoms with E-state index in [-0.39, 0.29) is 10.8 Å². The molecule has 0 atom stereocenters. The second-order valence-electron chi connectivity index (χ2n) is 4.39. The molecule has 0 aliphatic rings. The fraction of sp³-hybridized carbons (Fsp3) is 0.462. The normalized spacial score (nSPS) is 11.3. The van der Waals surface area contributed by atoms with Crippen LogP contribution in [0.2, 0.25) is 0 Å². The Kier molecular flexibility index (Phi) is 6.12. The molecule has 0 fully saturated rings. The zero-order valence-corrected chi connectivity index (χ0v) is 12.8. The van der Waals surface area contributed by atoms with Crippen molar-refractivity contribution in [1.29, 1.82) is 0 Å². The van der Waals surface area contributed by atoms with Gasteiger partial charge in [-0.2, -0.15) is 0 Å². The van der Waals surface area contributed by atoms with Gasteiger partial charge in [-0.15, -0.1) is 0 Å². The van der Waals surface area contributed by atoms with Crippen LogP contribution in [0.1, 0.15) is 18.4 Å². The van der Waals surface area contributed by atoms with Crippen LogP contribution < -0.4 is 15.4 Å². The first-order valence-corrected chi connectivity index (χ1v) is 7.88. The number of hydrogen-bond acceptors (Lipinski definition) is 4. The Bertz CT molecular complexity index is 570. The van der Waals surface area contributed by atoms with Crippen molar-refractivity contribution >= 4 is 21.6 Å². The second kappa shape index (κ2) is 7.37. The van der Waals surface area contributed by atoms with Gasteiger partial charge < -0.3 is 10.6 Å². The Morgan fingerprint density at radius 3 is 2.55 bits per heavy atom. The van der Waals surface area contributed by atoms with Gasteiger partial charge in [-0.3, -0.25) is 4.79 Å². The first-order chi connectivity index (χ1) is 9.42. The third-order valence-electron chi connectivity index (χ3n) is 2.95. The van der Waals surface area contributed by atoms with E-state index in [9.17, 15) is 13.2 Å². The number of carbonyl (C=O) groups excluding carboxylic acids is 1. The molecule has 7 heteroatoms. The number of hydrogen-bond donors (Lipinski definition) is 3. The molecule has 0 saturated heterocycles. The molecule has 1 aromatic carbocycles. The SMILES string of the molecule is CNCCCC(=O)Nc1cccc(S(=O)(=O)NC)c1C. The van der Waals surface area contributed by atoms with E-state index in [1.165, 1.54) is 13.1 Å². The van der Waals surface area contributed by atoms with Crippen molar-refractivity contribution in [3.8, 4) is 0 Å². The molecule has 1 amide bonds. The summed E-state index contributed by atoms with van der Waals surface area (Å²) in [6.45, 7) is 2.44. The topological polar surface area (TPSA) is 87.3 Å². The molecule has 1 rings (SSSR count). The van der Waals surface area contributed by atoms with Crippen molar-refractivity contribution in [2.45, 2.75) is 24.7 Å². The minimum atomic E-state index is -3.52. The Morgan fingerprint density at radius 1 is 1.25 bits per heavy atom. The highest BCUT2D eigenvalue weighted by atomic mass is 32.2. The maximum atomic E-state index is 11.8. The molecule has 0 radical (unpaired) electrons. The average Bonchev–Trinajstić information content (AvgIpc) is 2.41. The van der Waals surface area contributed by atoms with E-state index in [1.54, 1.807) is 19.1 Å². The Hall–Kier alpha value is -1.44. The first-order valence-electron chi connectivity index (χ1n) is 6.40. The number of benzene rings is 1. The molecule has 0 heterocycles. The standard InChI is InChI=1S/C13H21N3O3S/c1-10-11(16-13(17)8-5-9-14-2)6-4-7-12(10)20(18,19)15-3/h4,6-7,14-15H,5,8-9H2,1-3H3,(H,16,17). The summed E-state index contributed by atoms with van der Waals surface area (Å²) in [6.07, 6.45) is 1.12. The Balaban J connectivity index is 2.88. The van der Waals surface area contributed by atoms with Gasteiger partial charge >= 0.3 is 0 Å². The molecule has 112 valence electrons. The van der Waals surface area contributed by atoms with E-state index in [0.29, 0.717) is 17.7 Å². The summed E-state index contributed by atoms with van der Waals surface area (Å²) in [5.74, 6) is -0.123. The molecule has 0 saturated carbocycles. The molecule has 20 heavy (non-hydrogen) atoms.